The summed E-state index contributed by atoms with van der Waals surface area (Å²) in [5, 5.41) is 1.31. The molecule has 0 fully saturated rings. The summed E-state index contributed by atoms with van der Waals surface area (Å²) in [5.74, 6) is 0. The number of nitrogens with one attached hydrogen (secondary N) is 1. The van der Waals surface area contributed by atoms with Crippen molar-refractivity contribution < 1.29 is 8.42 Å². The van der Waals surface area contributed by atoms with E-state index < -0.39 is 10.0 Å². The molecule has 3 aromatic rings. The van der Waals surface area contributed by atoms with Crippen LogP contribution in [0.4, 0.5) is 5.69 Å². The Hall–Kier alpha value is -1.63. The van der Waals surface area contributed by atoms with Crippen molar-refractivity contribution in [2.24, 2.45) is 0 Å². The van der Waals surface area contributed by atoms with Crippen LogP contribution in [0.5, 0.6) is 0 Å². The first-order valence-electron chi connectivity index (χ1n) is 6.29. The van der Waals surface area contributed by atoms with Crippen molar-refractivity contribution in [2.75, 3.05) is 4.72 Å². The number of nitrogens with zero attached hydrogens (tertiary/aromatic N) is 1. The van der Waals surface area contributed by atoms with Gasteiger partial charge in [0.1, 0.15) is 0 Å². The van der Waals surface area contributed by atoms with E-state index in [1.165, 1.54) is 24.3 Å². The SMILES string of the molecule is O=S(=O)(Nc1ccc(Br)c2cccnc12)c1ccc(Cl)cc1. The first-order valence-corrected chi connectivity index (χ1v) is 8.94. The predicted molar refractivity (Wildman–Crippen MR) is 91.7 cm³/mol. The van der Waals surface area contributed by atoms with Gasteiger partial charge in [-0.2, -0.15) is 0 Å². The summed E-state index contributed by atoms with van der Waals surface area (Å²) in [6, 6.07) is 13.1. The molecule has 112 valence electrons. The normalized spacial score (nSPS) is 11.5. The molecule has 22 heavy (non-hydrogen) atoms. The van der Waals surface area contributed by atoms with Crippen molar-refractivity contribution in [3.63, 3.8) is 0 Å². The second-order valence-corrected chi connectivity index (χ2v) is 7.53. The van der Waals surface area contributed by atoms with Gasteiger partial charge in [-0.3, -0.25) is 9.71 Å². The number of benzene rings is 2. The Bertz CT molecular complexity index is 943. The maximum atomic E-state index is 12.4. The van der Waals surface area contributed by atoms with E-state index in [1.807, 2.05) is 6.07 Å². The van der Waals surface area contributed by atoms with Gasteiger partial charge in [0.15, 0.2) is 0 Å². The Morgan fingerprint density at radius 2 is 1.77 bits per heavy atom. The van der Waals surface area contributed by atoms with E-state index in [1.54, 1.807) is 24.4 Å². The highest BCUT2D eigenvalue weighted by Gasteiger charge is 2.16. The number of rotatable bonds is 3. The topological polar surface area (TPSA) is 59.1 Å². The van der Waals surface area contributed by atoms with Gasteiger partial charge in [-0.05, 0) is 42.5 Å². The molecule has 0 radical (unpaired) electrons. The van der Waals surface area contributed by atoms with Gasteiger partial charge in [0.2, 0.25) is 0 Å². The molecule has 3 rings (SSSR count). The number of hydrogen-bond donors (Lipinski definition) is 1. The molecule has 0 spiro atoms. The lowest BCUT2D eigenvalue weighted by atomic mass is 10.2. The lowest BCUT2D eigenvalue weighted by Gasteiger charge is -2.11. The Kier molecular flexibility index (Phi) is 4.08. The molecule has 7 heteroatoms. The van der Waals surface area contributed by atoms with Gasteiger partial charge in [0.25, 0.3) is 10.0 Å². The highest BCUT2D eigenvalue weighted by Crippen LogP contribution is 2.29. The van der Waals surface area contributed by atoms with Crippen LogP contribution in [0.1, 0.15) is 0 Å². The maximum absolute atomic E-state index is 12.4. The van der Waals surface area contributed by atoms with Crippen LogP contribution in [0.25, 0.3) is 10.9 Å². The Morgan fingerprint density at radius 1 is 1.05 bits per heavy atom. The Labute approximate surface area is 141 Å². The minimum atomic E-state index is -3.70. The van der Waals surface area contributed by atoms with Crippen molar-refractivity contribution >= 4 is 54.1 Å². The maximum Gasteiger partial charge on any atom is 0.261 e. The third-order valence-corrected chi connectivity index (χ3v) is 5.41. The van der Waals surface area contributed by atoms with Gasteiger partial charge >= 0.3 is 0 Å². The lowest BCUT2D eigenvalue weighted by molar-refractivity contribution is 0.601. The van der Waals surface area contributed by atoms with Crippen molar-refractivity contribution in [1.82, 2.24) is 4.98 Å². The molecule has 0 unspecified atom stereocenters. The number of anilines is 1. The summed E-state index contributed by atoms with van der Waals surface area (Å²) in [7, 11) is -3.70. The summed E-state index contributed by atoms with van der Waals surface area (Å²) in [6.45, 7) is 0. The molecular formula is C15H10BrClN2O2S. The summed E-state index contributed by atoms with van der Waals surface area (Å²) in [4.78, 5) is 4.40. The van der Waals surface area contributed by atoms with Crippen LogP contribution in [0.15, 0.2) is 64.1 Å². The lowest BCUT2D eigenvalue weighted by Crippen LogP contribution is -2.13. The van der Waals surface area contributed by atoms with Crippen LogP contribution in [-0.2, 0) is 10.0 Å². The highest BCUT2D eigenvalue weighted by molar-refractivity contribution is 9.10. The zero-order valence-electron chi connectivity index (χ0n) is 11.1. The summed E-state index contributed by atoms with van der Waals surface area (Å²) in [6.07, 6.45) is 1.62. The minimum Gasteiger partial charge on any atom is -0.277 e. The summed E-state index contributed by atoms with van der Waals surface area (Å²) in [5.41, 5.74) is 1.00. The number of sulfonamides is 1. The molecule has 1 N–H and O–H groups in total. The Balaban J connectivity index is 2.06. The molecule has 2 aromatic carbocycles. The van der Waals surface area contributed by atoms with Crippen LogP contribution < -0.4 is 4.72 Å². The van der Waals surface area contributed by atoms with Gasteiger partial charge in [-0.25, -0.2) is 8.42 Å². The minimum absolute atomic E-state index is 0.142. The summed E-state index contributed by atoms with van der Waals surface area (Å²) >= 11 is 9.22. The number of pyridine rings is 1. The fourth-order valence-electron chi connectivity index (χ4n) is 2.04. The van der Waals surface area contributed by atoms with Gasteiger partial charge in [-0.15, -0.1) is 0 Å². The molecule has 0 amide bonds. The van der Waals surface area contributed by atoms with Crippen molar-refractivity contribution in [3.05, 3.63) is 64.2 Å². The van der Waals surface area contributed by atoms with Crippen LogP contribution in [0, 0.1) is 0 Å². The second-order valence-electron chi connectivity index (χ2n) is 4.55. The first-order chi connectivity index (χ1) is 10.5. The highest BCUT2D eigenvalue weighted by atomic mass is 79.9. The average molecular weight is 398 g/mol. The Morgan fingerprint density at radius 3 is 2.50 bits per heavy atom. The van der Waals surface area contributed by atoms with E-state index >= 15 is 0 Å². The van der Waals surface area contributed by atoms with Crippen molar-refractivity contribution in [2.45, 2.75) is 4.90 Å². The largest absolute Gasteiger partial charge is 0.277 e. The van der Waals surface area contributed by atoms with E-state index in [0.717, 1.165) is 9.86 Å². The van der Waals surface area contributed by atoms with E-state index in [4.69, 9.17) is 11.6 Å². The van der Waals surface area contributed by atoms with Gasteiger partial charge < -0.3 is 0 Å². The molecule has 4 nitrogen and oxygen atoms in total. The molecule has 0 bridgehead atoms. The third kappa shape index (κ3) is 2.95. The van der Waals surface area contributed by atoms with Crippen LogP contribution in [0.2, 0.25) is 5.02 Å². The van der Waals surface area contributed by atoms with Gasteiger partial charge in [-0.1, -0.05) is 33.6 Å². The third-order valence-electron chi connectivity index (χ3n) is 3.08. The molecule has 1 aromatic heterocycles. The van der Waals surface area contributed by atoms with Gasteiger partial charge in [0, 0.05) is 21.1 Å². The number of hydrogen-bond acceptors (Lipinski definition) is 3. The molecule has 1 heterocycles. The molecule has 0 aliphatic heterocycles. The number of halogens is 2. The molecule has 0 saturated carbocycles. The van der Waals surface area contributed by atoms with E-state index in [2.05, 4.69) is 25.6 Å². The smallest absolute Gasteiger partial charge is 0.261 e. The zero-order chi connectivity index (χ0) is 15.7. The van der Waals surface area contributed by atoms with E-state index in [9.17, 15) is 8.42 Å². The molecular weight excluding hydrogens is 388 g/mol. The standard InChI is InChI=1S/C15H10BrClN2O2S/c16-13-7-8-14(15-12(13)2-1-9-18-15)19-22(20,21)11-5-3-10(17)4-6-11/h1-9,19H. The van der Waals surface area contributed by atoms with Crippen LogP contribution in [-0.4, -0.2) is 13.4 Å². The quantitative estimate of drug-likeness (QED) is 0.710. The summed E-state index contributed by atoms with van der Waals surface area (Å²) < 4.78 is 28.3. The average Bonchev–Trinajstić information content (AvgIpc) is 2.51. The molecule has 0 aliphatic rings. The van der Waals surface area contributed by atoms with E-state index in [-0.39, 0.29) is 4.90 Å². The van der Waals surface area contributed by atoms with Crippen LogP contribution in [0.3, 0.4) is 0 Å². The zero-order valence-corrected chi connectivity index (χ0v) is 14.3. The second kappa shape index (κ2) is 5.87. The van der Waals surface area contributed by atoms with Crippen molar-refractivity contribution in [3.8, 4) is 0 Å². The number of aromatic nitrogens is 1. The fraction of sp³-hybridized carbons (Fsp3) is 0. The predicted octanol–water partition coefficient (Wildman–Crippen LogP) is 4.45. The molecule has 0 saturated heterocycles. The van der Waals surface area contributed by atoms with E-state index in [0.29, 0.717) is 16.2 Å². The fourth-order valence-corrected chi connectivity index (χ4v) is 3.68. The van der Waals surface area contributed by atoms with Crippen LogP contribution >= 0.6 is 27.5 Å². The number of fused-ring (bicyclic) bond motifs is 1. The van der Waals surface area contributed by atoms with Crippen molar-refractivity contribution in [1.29, 1.82) is 0 Å². The molecule has 0 atom stereocenters. The monoisotopic (exact) mass is 396 g/mol. The first kappa shape index (κ1) is 15.3. The molecule has 0 aliphatic carbocycles. The van der Waals surface area contributed by atoms with Gasteiger partial charge in [0.05, 0.1) is 16.1 Å².